The predicted octanol–water partition coefficient (Wildman–Crippen LogP) is 3.75. The van der Waals surface area contributed by atoms with Crippen LogP contribution in [0.25, 0.3) is 10.6 Å². The minimum atomic E-state index is -1.10. The van der Waals surface area contributed by atoms with Crippen molar-refractivity contribution in [1.29, 1.82) is 0 Å². The zero-order valence-corrected chi connectivity index (χ0v) is 17.5. The number of hydrogen-bond donors (Lipinski definition) is 2. The van der Waals surface area contributed by atoms with E-state index < -0.39 is 18.0 Å². The summed E-state index contributed by atoms with van der Waals surface area (Å²) in [4.78, 5) is 38.8. The lowest BCUT2D eigenvalue weighted by atomic mass is 10.0. The summed E-state index contributed by atoms with van der Waals surface area (Å²) < 4.78 is 0. The Kier molecular flexibility index (Phi) is 5.27. The number of hydrogen-bond acceptors (Lipinski definition) is 6. The van der Waals surface area contributed by atoms with E-state index in [-0.39, 0.29) is 5.69 Å². The van der Waals surface area contributed by atoms with Gasteiger partial charge in [0.1, 0.15) is 10.7 Å². The van der Waals surface area contributed by atoms with Crippen LogP contribution in [0.4, 0.5) is 5.69 Å². The molecule has 5 rings (SSSR count). The highest BCUT2D eigenvalue weighted by atomic mass is 32.1. The van der Waals surface area contributed by atoms with Crippen molar-refractivity contribution in [3.05, 3.63) is 101 Å². The van der Waals surface area contributed by atoms with Gasteiger partial charge in [0.05, 0.1) is 11.4 Å². The van der Waals surface area contributed by atoms with Crippen molar-refractivity contribution in [2.45, 2.75) is 6.17 Å². The lowest BCUT2D eigenvalue weighted by Crippen LogP contribution is -2.42. The fraction of sp³-hybridized carbons (Fsp3) is 0.0417. The second kappa shape index (κ2) is 8.52. The number of para-hydroxylation sites is 1. The molecule has 156 valence electrons. The predicted molar refractivity (Wildman–Crippen MR) is 124 cm³/mol. The maximum Gasteiger partial charge on any atom is 0.272 e. The molecule has 1 aliphatic heterocycles. The number of pyridine rings is 1. The first-order chi connectivity index (χ1) is 15.7. The van der Waals surface area contributed by atoms with E-state index in [0.717, 1.165) is 16.7 Å². The van der Waals surface area contributed by atoms with Crippen LogP contribution >= 0.6 is 11.3 Å². The Morgan fingerprint density at radius 2 is 1.69 bits per heavy atom. The summed E-state index contributed by atoms with van der Waals surface area (Å²) in [5, 5.41) is 7.95. The summed E-state index contributed by atoms with van der Waals surface area (Å²) in [7, 11) is 0. The lowest BCUT2D eigenvalue weighted by Gasteiger charge is -2.12. The number of aromatic nitrogens is 2. The third-order valence-electron chi connectivity index (χ3n) is 4.93. The van der Waals surface area contributed by atoms with Crippen LogP contribution in [0, 0.1) is 0 Å². The van der Waals surface area contributed by atoms with Gasteiger partial charge >= 0.3 is 0 Å². The van der Waals surface area contributed by atoms with Gasteiger partial charge in [-0.3, -0.25) is 14.6 Å². The molecule has 7 nitrogen and oxygen atoms in total. The highest BCUT2D eigenvalue weighted by Crippen LogP contribution is 2.25. The number of anilines is 1. The quantitative estimate of drug-likeness (QED) is 0.506. The molecule has 0 saturated heterocycles. The van der Waals surface area contributed by atoms with E-state index in [1.165, 1.54) is 11.3 Å². The van der Waals surface area contributed by atoms with Gasteiger partial charge in [0.25, 0.3) is 11.8 Å². The molecule has 0 bridgehead atoms. The summed E-state index contributed by atoms with van der Waals surface area (Å²) in [5.74, 6) is -0.884. The van der Waals surface area contributed by atoms with Crippen LogP contribution < -0.4 is 10.6 Å². The molecule has 32 heavy (non-hydrogen) atoms. The number of aliphatic imine (C=N–C) groups is 1. The minimum absolute atomic E-state index is 0.229. The molecule has 0 aliphatic carbocycles. The molecule has 2 aromatic carbocycles. The van der Waals surface area contributed by atoms with Crippen LogP contribution in [0.1, 0.15) is 21.6 Å². The summed E-state index contributed by atoms with van der Waals surface area (Å²) in [5.41, 5.74) is 4.01. The van der Waals surface area contributed by atoms with Gasteiger partial charge < -0.3 is 10.6 Å². The number of nitrogens with one attached hydrogen (secondary N) is 2. The van der Waals surface area contributed by atoms with Crippen molar-refractivity contribution in [2.24, 2.45) is 4.99 Å². The number of benzene rings is 2. The van der Waals surface area contributed by atoms with Gasteiger partial charge in [-0.15, -0.1) is 11.3 Å². The topological polar surface area (TPSA) is 96.3 Å². The maximum atomic E-state index is 12.9. The van der Waals surface area contributed by atoms with E-state index in [1.54, 1.807) is 17.8 Å². The molecule has 2 amide bonds. The third kappa shape index (κ3) is 3.91. The molecule has 0 fully saturated rings. The number of carbonyl (C=O) groups excluding carboxylic acids is 2. The first kappa shape index (κ1) is 19.8. The van der Waals surface area contributed by atoms with Crippen molar-refractivity contribution < 1.29 is 9.59 Å². The Labute approximate surface area is 187 Å². The second-order valence-corrected chi connectivity index (χ2v) is 7.89. The fourth-order valence-electron chi connectivity index (χ4n) is 3.38. The van der Waals surface area contributed by atoms with E-state index in [4.69, 9.17) is 0 Å². The van der Waals surface area contributed by atoms with Crippen LogP contribution in [-0.4, -0.2) is 33.7 Å². The summed E-state index contributed by atoms with van der Waals surface area (Å²) in [6.45, 7) is 0. The second-order valence-electron chi connectivity index (χ2n) is 7.03. The molecule has 1 unspecified atom stereocenters. The van der Waals surface area contributed by atoms with Gasteiger partial charge in [-0.25, -0.2) is 9.98 Å². The molecule has 0 radical (unpaired) electrons. The average Bonchev–Trinajstić information content (AvgIpc) is 3.29. The number of rotatable bonds is 4. The molecule has 2 N–H and O–H groups in total. The van der Waals surface area contributed by atoms with Gasteiger partial charge in [-0.05, 0) is 18.2 Å². The van der Waals surface area contributed by atoms with E-state index in [0.29, 0.717) is 16.4 Å². The zero-order valence-electron chi connectivity index (χ0n) is 16.7. The Morgan fingerprint density at radius 1 is 0.938 bits per heavy atom. The number of benzodiazepines with no additional fused rings is 1. The lowest BCUT2D eigenvalue weighted by molar-refractivity contribution is -0.117. The van der Waals surface area contributed by atoms with Crippen molar-refractivity contribution in [3.63, 3.8) is 0 Å². The summed E-state index contributed by atoms with van der Waals surface area (Å²) in [6.07, 6.45) is 2.24. The summed E-state index contributed by atoms with van der Waals surface area (Å²) in [6, 6.07) is 20.7. The van der Waals surface area contributed by atoms with E-state index in [2.05, 4.69) is 25.6 Å². The van der Waals surface area contributed by atoms with E-state index in [9.17, 15) is 9.59 Å². The number of amides is 2. The number of fused-ring (bicyclic) bond motifs is 1. The van der Waals surface area contributed by atoms with Crippen molar-refractivity contribution in [1.82, 2.24) is 15.3 Å². The molecular weight excluding hydrogens is 422 g/mol. The van der Waals surface area contributed by atoms with Crippen LogP contribution in [-0.2, 0) is 4.79 Å². The van der Waals surface area contributed by atoms with Gasteiger partial charge in [0, 0.05) is 34.5 Å². The Bertz CT molecular complexity index is 1320. The zero-order chi connectivity index (χ0) is 21.9. The highest BCUT2D eigenvalue weighted by Gasteiger charge is 2.28. The Hall–Kier alpha value is -4.17. The molecule has 8 heteroatoms. The SMILES string of the molecule is O=C(NC1N=C(c2ccccc2)c2ccccc2NC1=O)c1csc(-c2ccncc2)n1. The Balaban J connectivity index is 1.46. The van der Waals surface area contributed by atoms with Gasteiger partial charge in [0.2, 0.25) is 6.17 Å². The normalized spacial score (nSPS) is 15.2. The van der Waals surface area contributed by atoms with E-state index in [1.807, 2.05) is 66.7 Å². The van der Waals surface area contributed by atoms with Crippen molar-refractivity contribution in [3.8, 4) is 10.6 Å². The molecule has 2 aromatic heterocycles. The standard InChI is InChI=1S/C24H17N5O2S/c30-22(19-14-32-24(27-19)16-10-12-25-13-11-16)29-21-23(31)26-18-9-5-4-8-17(18)20(28-21)15-6-2-1-3-7-15/h1-14,21H,(H,26,31)(H,29,30). The molecule has 1 atom stereocenters. The smallest absolute Gasteiger partial charge is 0.272 e. The first-order valence-electron chi connectivity index (χ1n) is 9.89. The Morgan fingerprint density at radius 3 is 2.50 bits per heavy atom. The van der Waals surface area contributed by atoms with Gasteiger partial charge in [-0.2, -0.15) is 0 Å². The van der Waals surface area contributed by atoms with Crippen LogP contribution in [0.3, 0.4) is 0 Å². The van der Waals surface area contributed by atoms with Crippen molar-refractivity contribution in [2.75, 3.05) is 5.32 Å². The van der Waals surface area contributed by atoms with E-state index >= 15 is 0 Å². The summed E-state index contributed by atoms with van der Waals surface area (Å²) >= 11 is 1.35. The van der Waals surface area contributed by atoms with Crippen LogP contribution in [0.5, 0.6) is 0 Å². The van der Waals surface area contributed by atoms with Gasteiger partial charge in [0.15, 0.2) is 0 Å². The third-order valence-corrected chi connectivity index (χ3v) is 5.82. The number of thiazole rings is 1. The molecule has 1 aliphatic rings. The molecule has 0 spiro atoms. The fourth-order valence-corrected chi connectivity index (χ4v) is 4.19. The average molecular weight is 440 g/mol. The molecule has 4 aromatic rings. The number of nitrogens with zero attached hydrogens (tertiary/aromatic N) is 3. The molecule has 3 heterocycles. The van der Waals surface area contributed by atoms with Gasteiger partial charge in [-0.1, -0.05) is 48.5 Å². The highest BCUT2D eigenvalue weighted by molar-refractivity contribution is 7.13. The van der Waals surface area contributed by atoms with Crippen molar-refractivity contribution >= 4 is 34.6 Å². The van der Waals surface area contributed by atoms with Crippen LogP contribution in [0.15, 0.2) is 89.5 Å². The monoisotopic (exact) mass is 439 g/mol. The maximum absolute atomic E-state index is 12.9. The molecular formula is C24H17N5O2S. The minimum Gasteiger partial charge on any atom is -0.322 e. The largest absolute Gasteiger partial charge is 0.322 e. The molecule has 0 saturated carbocycles. The van der Waals surface area contributed by atoms with Crippen LogP contribution in [0.2, 0.25) is 0 Å². The number of carbonyl (C=O) groups is 2. The first-order valence-corrected chi connectivity index (χ1v) is 10.8.